The second kappa shape index (κ2) is 6.28. The number of hydrogen-bond donors (Lipinski definition) is 1. The first-order valence-electron chi connectivity index (χ1n) is 7.92. The van der Waals surface area contributed by atoms with Gasteiger partial charge in [0.25, 0.3) is 0 Å². The molecule has 0 spiro atoms. The van der Waals surface area contributed by atoms with Crippen LogP contribution in [0.2, 0.25) is 0 Å². The van der Waals surface area contributed by atoms with Gasteiger partial charge in [-0.2, -0.15) is 0 Å². The fourth-order valence-corrected chi connectivity index (χ4v) is 3.00. The molecule has 0 aromatic carbocycles. The van der Waals surface area contributed by atoms with Crippen molar-refractivity contribution < 1.29 is 17.1 Å². The van der Waals surface area contributed by atoms with Gasteiger partial charge in [-0.3, -0.25) is 4.99 Å². The summed E-state index contributed by atoms with van der Waals surface area (Å²) in [6.45, 7) is 0. The van der Waals surface area contributed by atoms with E-state index in [9.17, 15) is 0 Å². The SMILES string of the molecule is C1=CC2=NC1=CC1=NC(C=C1)C=C1C=CC(=N1)C=c1ccc([nH]1)=C2.[Fe+3]. The predicted octanol–water partition coefficient (Wildman–Crippen LogP) is 1.76. The summed E-state index contributed by atoms with van der Waals surface area (Å²) in [6, 6.07) is 4.13. The summed E-state index contributed by atoms with van der Waals surface area (Å²) in [4.78, 5) is 17.3. The fourth-order valence-electron chi connectivity index (χ4n) is 3.00. The second-order valence-corrected chi connectivity index (χ2v) is 5.96. The van der Waals surface area contributed by atoms with Crippen molar-refractivity contribution in [1.82, 2.24) is 4.98 Å². The average molecular weight is 366 g/mol. The van der Waals surface area contributed by atoms with Crippen molar-refractivity contribution in [3.63, 3.8) is 0 Å². The van der Waals surface area contributed by atoms with E-state index in [-0.39, 0.29) is 23.1 Å². The Bertz CT molecular complexity index is 1100. The minimum Gasteiger partial charge on any atom is -0.355 e. The number of fused-ring (bicyclic) bond motifs is 5. The van der Waals surface area contributed by atoms with E-state index >= 15 is 0 Å². The Morgan fingerprint density at radius 1 is 0.720 bits per heavy atom. The molecule has 1 atom stereocenters. The van der Waals surface area contributed by atoms with E-state index in [0.29, 0.717) is 0 Å². The third kappa shape index (κ3) is 3.25. The molecule has 1 unspecified atom stereocenters. The summed E-state index contributed by atoms with van der Waals surface area (Å²) in [7, 11) is 0. The van der Waals surface area contributed by atoms with Crippen LogP contribution in [0.15, 0.2) is 87.1 Å². The number of aromatic nitrogens is 1. The Kier molecular flexibility index (Phi) is 3.96. The maximum absolute atomic E-state index is 4.68. The van der Waals surface area contributed by atoms with Crippen LogP contribution in [-0.2, 0) is 17.1 Å². The standard InChI is InChI=1S/C20H14N4.Fe/c1-2-14-10-16-5-6-18(23-16)12-20-8-7-19(24-20)11-17-4-3-15(22-17)9-13(1)21-14;/h1-13,24H;/q;+3. The van der Waals surface area contributed by atoms with E-state index in [1.807, 2.05) is 60.7 Å². The molecule has 0 aliphatic carbocycles. The molecule has 1 N–H and O–H groups in total. The molecule has 4 aliphatic heterocycles. The van der Waals surface area contributed by atoms with Crippen LogP contribution < -0.4 is 10.7 Å². The summed E-state index contributed by atoms with van der Waals surface area (Å²) in [5, 5.41) is 2.05. The normalized spacial score (nSPS) is 22.2. The van der Waals surface area contributed by atoms with Crippen LogP contribution in [0.5, 0.6) is 0 Å². The van der Waals surface area contributed by atoms with Gasteiger partial charge >= 0.3 is 17.1 Å². The number of nitrogens with zero attached hydrogens (tertiary/aromatic N) is 3. The Morgan fingerprint density at radius 3 is 2.16 bits per heavy atom. The van der Waals surface area contributed by atoms with Crippen LogP contribution in [0.4, 0.5) is 0 Å². The fraction of sp³-hybridized carbons (Fsp3) is 0.0500. The van der Waals surface area contributed by atoms with Gasteiger partial charge in [0, 0.05) is 10.7 Å². The third-order valence-electron chi connectivity index (χ3n) is 4.10. The Balaban J connectivity index is 0.00000157. The molecule has 5 heterocycles. The molecular weight excluding hydrogens is 352 g/mol. The van der Waals surface area contributed by atoms with Gasteiger partial charge in [-0.05, 0) is 66.8 Å². The molecule has 1 radical (unpaired) electrons. The van der Waals surface area contributed by atoms with Crippen LogP contribution in [0.25, 0.3) is 12.2 Å². The van der Waals surface area contributed by atoms with E-state index in [1.54, 1.807) is 0 Å². The van der Waals surface area contributed by atoms with Crippen molar-refractivity contribution >= 4 is 29.3 Å². The average Bonchev–Trinajstić information content (AvgIpc) is 3.32. The minimum absolute atomic E-state index is 0. The predicted molar refractivity (Wildman–Crippen MR) is 98.7 cm³/mol. The molecule has 1 aromatic rings. The van der Waals surface area contributed by atoms with Crippen molar-refractivity contribution in [2.75, 3.05) is 0 Å². The summed E-state index contributed by atoms with van der Waals surface area (Å²) in [6.07, 6.45) is 20.3. The number of nitrogens with one attached hydrogen (secondary N) is 1. The zero-order valence-corrected chi connectivity index (χ0v) is 14.3. The van der Waals surface area contributed by atoms with E-state index in [4.69, 9.17) is 0 Å². The van der Waals surface area contributed by atoms with Gasteiger partial charge in [0.2, 0.25) is 0 Å². The molecule has 0 saturated heterocycles. The zero-order valence-electron chi connectivity index (χ0n) is 13.2. The van der Waals surface area contributed by atoms with E-state index in [0.717, 1.165) is 39.2 Å². The maximum atomic E-state index is 4.68. The number of hydrogen-bond acceptors (Lipinski definition) is 3. The van der Waals surface area contributed by atoms with Gasteiger partial charge in [-0.15, -0.1) is 0 Å². The second-order valence-electron chi connectivity index (χ2n) is 5.96. The molecule has 25 heavy (non-hydrogen) atoms. The largest absolute Gasteiger partial charge is 3.00 e. The molecule has 4 nitrogen and oxygen atoms in total. The van der Waals surface area contributed by atoms with Crippen LogP contribution in [-0.4, -0.2) is 28.2 Å². The number of allylic oxidation sites excluding steroid dienone is 6. The third-order valence-corrected chi connectivity index (χ3v) is 4.10. The van der Waals surface area contributed by atoms with E-state index < -0.39 is 0 Å². The molecule has 0 fully saturated rings. The van der Waals surface area contributed by atoms with Gasteiger partial charge < -0.3 is 4.98 Å². The summed E-state index contributed by atoms with van der Waals surface area (Å²) in [5.41, 5.74) is 4.67. The smallest absolute Gasteiger partial charge is 0.355 e. The Hall–Kier alpha value is -2.75. The molecule has 119 valence electrons. The number of rotatable bonds is 0. The van der Waals surface area contributed by atoms with Gasteiger partial charge in [-0.25, -0.2) is 9.98 Å². The summed E-state index contributed by atoms with van der Waals surface area (Å²) >= 11 is 0. The molecule has 1 aromatic heterocycles. The van der Waals surface area contributed by atoms with Gasteiger partial charge in [0.1, 0.15) is 0 Å². The Morgan fingerprint density at radius 2 is 1.40 bits per heavy atom. The van der Waals surface area contributed by atoms with Gasteiger partial charge in [0.05, 0.1) is 34.6 Å². The van der Waals surface area contributed by atoms with Crippen LogP contribution in [0.3, 0.4) is 0 Å². The summed E-state index contributed by atoms with van der Waals surface area (Å²) < 4.78 is 0. The van der Waals surface area contributed by atoms with Crippen molar-refractivity contribution in [2.45, 2.75) is 6.04 Å². The molecule has 4 aliphatic rings. The maximum Gasteiger partial charge on any atom is 3.00 e. The molecule has 8 bridgehead atoms. The van der Waals surface area contributed by atoms with Crippen molar-refractivity contribution in [3.8, 4) is 0 Å². The van der Waals surface area contributed by atoms with Crippen LogP contribution >= 0.6 is 0 Å². The number of H-pyrrole nitrogens is 1. The van der Waals surface area contributed by atoms with E-state index in [2.05, 4.69) is 32.1 Å². The summed E-state index contributed by atoms with van der Waals surface area (Å²) in [5.74, 6) is 0. The minimum atomic E-state index is 0. The molecule has 5 rings (SSSR count). The number of aromatic amines is 1. The first kappa shape index (κ1) is 15.8. The monoisotopic (exact) mass is 366 g/mol. The molecule has 0 saturated carbocycles. The molecule has 5 heteroatoms. The van der Waals surface area contributed by atoms with Crippen molar-refractivity contribution in [2.24, 2.45) is 15.0 Å². The number of aliphatic imine (C=N–C) groups is 3. The topological polar surface area (TPSA) is 52.9 Å². The zero-order chi connectivity index (χ0) is 15.9. The van der Waals surface area contributed by atoms with Crippen LogP contribution in [0, 0.1) is 0 Å². The Labute approximate surface area is 155 Å². The van der Waals surface area contributed by atoms with Gasteiger partial charge in [-0.1, -0.05) is 6.08 Å². The van der Waals surface area contributed by atoms with Crippen molar-refractivity contribution in [1.29, 1.82) is 0 Å². The van der Waals surface area contributed by atoms with E-state index in [1.165, 1.54) is 0 Å². The van der Waals surface area contributed by atoms with Gasteiger partial charge in [0.15, 0.2) is 0 Å². The van der Waals surface area contributed by atoms with Crippen LogP contribution in [0.1, 0.15) is 0 Å². The first-order valence-corrected chi connectivity index (χ1v) is 7.92. The molecule has 0 amide bonds. The quantitative estimate of drug-likeness (QED) is 0.681. The van der Waals surface area contributed by atoms with Crippen molar-refractivity contribution in [3.05, 3.63) is 82.8 Å². The first-order chi connectivity index (χ1) is 11.8. The molecular formula is C20H14FeN4+3.